The highest BCUT2D eigenvalue weighted by molar-refractivity contribution is 7.71. The van der Waals surface area contributed by atoms with Crippen LogP contribution in [0.3, 0.4) is 0 Å². The molecule has 0 aliphatic heterocycles. The van der Waals surface area contributed by atoms with Crippen molar-refractivity contribution >= 4 is 12.2 Å². The second kappa shape index (κ2) is 5.09. The molecule has 2 aromatic heterocycles. The lowest BCUT2D eigenvalue weighted by Crippen LogP contribution is -1.97. The van der Waals surface area contributed by atoms with Gasteiger partial charge in [0.15, 0.2) is 0 Å². The maximum Gasteiger partial charge on any atom is 0.138 e. The lowest BCUT2D eigenvalue weighted by Gasteiger charge is -2.07. The zero-order valence-electron chi connectivity index (χ0n) is 10.7. The summed E-state index contributed by atoms with van der Waals surface area (Å²) in [5, 5.41) is 0. The molecule has 0 spiro atoms. The van der Waals surface area contributed by atoms with Crippen LogP contribution in [0.5, 0.6) is 5.75 Å². The van der Waals surface area contributed by atoms with Gasteiger partial charge in [0, 0.05) is 17.7 Å². The van der Waals surface area contributed by atoms with Gasteiger partial charge in [-0.05, 0) is 31.9 Å². The van der Waals surface area contributed by atoms with E-state index in [9.17, 15) is 0 Å². The molecule has 0 saturated heterocycles. The Morgan fingerprint density at radius 1 is 1.37 bits per heavy atom. The standard InChI is InChI=1S/C14H15N3OS/c1-2-18-11-5-10(7-15-8-11)12-6-13(19)17-14(16-12)9-3-4-9/h5-9H,2-4H2,1H3,(H,16,17,19). The van der Waals surface area contributed by atoms with E-state index < -0.39 is 0 Å². The highest BCUT2D eigenvalue weighted by Gasteiger charge is 2.26. The molecule has 2 heterocycles. The third-order valence-corrected chi connectivity index (χ3v) is 3.27. The van der Waals surface area contributed by atoms with Crippen LogP contribution in [0.25, 0.3) is 11.3 Å². The van der Waals surface area contributed by atoms with Crippen molar-refractivity contribution in [2.45, 2.75) is 25.7 Å². The fraction of sp³-hybridized carbons (Fsp3) is 0.357. The second-order valence-electron chi connectivity index (χ2n) is 4.63. The van der Waals surface area contributed by atoms with Gasteiger partial charge in [-0.1, -0.05) is 12.2 Å². The summed E-state index contributed by atoms with van der Waals surface area (Å²) in [6, 6.07) is 3.84. The summed E-state index contributed by atoms with van der Waals surface area (Å²) in [4.78, 5) is 11.9. The molecule has 0 radical (unpaired) electrons. The monoisotopic (exact) mass is 273 g/mol. The van der Waals surface area contributed by atoms with E-state index >= 15 is 0 Å². The van der Waals surface area contributed by atoms with Gasteiger partial charge < -0.3 is 9.72 Å². The van der Waals surface area contributed by atoms with Gasteiger partial charge in [0.1, 0.15) is 16.2 Å². The Bertz CT molecular complexity index is 649. The van der Waals surface area contributed by atoms with Gasteiger partial charge in [0.05, 0.1) is 18.5 Å². The van der Waals surface area contributed by atoms with Gasteiger partial charge in [-0.3, -0.25) is 4.98 Å². The number of pyridine rings is 1. The van der Waals surface area contributed by atoms with Crippen molar-refractivity contribution in [3.8, 4) is 17.0 Å². The molecule has 0 amide bonds. The first kappa shape index (κ1) is 12.3. The van der Waals surface area contributed by atoms with Crippen molar-refractivity contribution in [2.75, 3.05) is 6.61 Å². The molecule has 3 rings (SSSR count). The van der Waals surface area contributed by atoms with Crippen LogP contribution < -0.4 is 4.74 Å². The summed E-state index contributed by atoms with van der Waals surface area (Å²) in [6.07, 6.45) is 5.91. The third kappa shape index (κ3) is 2.81. The normalized spacial score (nSPS) is 14.4. The van der Waals surface area contributed by atoms with Crippen LogP contribution >= 0.6 is 12.2 Å². The number of H-pyrrole nitrogens is 1. The van der Waals surface area contributed by atoms with E-state index in [0.717, 1.165) is 22.8 Å². The highest BCUT2D eigenvalue weighted by atomic mass is 32.1. The quantitative estimate of drug-likeness (QED) is 0.866. The van der Waals surface area contributed by atoms with E-state index in [1.54, 1.807) is 12.4 Å². The summed E-state index contributed by atoms with van der Waals surface area (Å²) in [5.41, 5.74) is 1.93. The molecule has 1 fully saturated rings. The van der Waals surface area contributed by atoms with Crippen LogP contribution in [0, 0.1) is 4.64 Å². The largest absolute Gasteiger partial charge is 0.492 e. The number of aromatic amines is 1. The number of hydrogen-bond acceptors (Lipinski definition) is 4. The van der Waals surface area contributed by atoms with Crippen LogP contribution in [0.4, 0.5) is 0 Å². The summed E-state index contributed by atoms with van der Waals surface area (Å²) < 4.78 is 6.09. The fourth-order valence-corrected chi connectivity index (χ4v) is 2.21. The minimum atomic E-state index is 0.546. The van der Waals surface area contributed by atoms with E-state index in [1.165, 1.54) is 12.8 Å². The lowest BCUT2D eigenvalue weighted by atomic mass is 10.2. The molecule has 5 heteroatoms. The zero-order valence-corrected chi connectivity index (χ0v) is 11.5. The van der Waals surface area contributed by atoms with Crippen LogP contribution in [0.1, 0.15) is 31.5 Å². The fourth-order valence-electron chi connectivity index (χ4n) is 1.99. The first-order valence-corrected chi connectivity index (χ1v) is 6.86. The summed E-state index contributed by atoms with van der Waals surface area (Å²) in [5.74, 6) is 2.30. The van der Waals surface area contributed by atoms with E-state index in [-0.39, 0.29) is 0 Å². The number of nitrogens with zero attached hydrogens (tertiary/aromatic N) is 2. The molecule has 1 saturated carbocycles. The maximum atomic E-state index is 5.47. The third-order valence-electron chi connectivity index (χ3n) is 3.06. The Hall–Kier alpha value is -1.75. The Morgan fingerprint density at radius 2 is 2.21 bits per heavy atom. The van der Waals surface area contributed by atoms with Crippen molar-refractivity contribution in [2.24, 2.45) is 0 Å². The van der Waals surface area contributed by atoms with Gasteiger partial charge in [-0.25, -0.2) is 4.98 Å². The van der Waals surface area contributed by atoms with Crippen molar-refractivity contribution < 1.29 is 4.74 Å². The second-order valence-corrected chi connectivity index (χ2v) is 5.05. The molecule has 0 aromatic carbocycles. The first-order chi connectivity index (χ1) is 9.26. The van der Waals surface area contributed by atoms with Gasteiger partial charge >= 0.3 is 0 Å². The van der Waals surface area contributed by atoms with Crippen molar-refractivity contribution in [3.05, 3.63) is 35.0 Å². The van der Waals surface area contributed by atoms with Crippen molar-refractivity contribution in [3.63, 3.8) is 0 Å². The minimum Gasteiger partial charge on any atom is -0.492 e. The maximum absolute atomic E-state index is 5.47. The molecule has 19 heavy (non-hydrogen) atoms. The van der Waals surface area contributed by atoms with Gasteiger partial charge in [-0.2, -0.15) is 0 Å². The topological polar surface area (TPSA) is 50.8 Å². The van der Waals surface area contributed by atoms with Gasteiger partial charge in [0.25, 0.3) is 0 Å². The first-order valence-electron chi connectivity index (χ1n) is 6.45. The molecular formula is C14H15N3OS. The average molecular weight is 273 g/mol. The molecule has 0 unspecified atom stereocenters. The predicted octanol–water partition coefficient (Wildman–Crippen LogP) is 3.48. The average Bonchev–Trinajstić information content (AvgIpc) is 3.23. The molecule has 2 aromatic rings. The summed E-state index contributed by atoms with van der Waals surface area (Å²) in [7, 11) is 0. The lowest BCUT2D eigenvalue weighted by molar-refractivity contribution is 0.339. The van der Waals surface area contributed by atoms with Crippen LogP contribution in [-0.4, -0.2) is 21.6 Å². The number of rotatable bonds is 4. The van der Waals surface area contributed by atoms with E-state index in [2.05, 4.69) is 15.0 Å². The Morgan fingerprint density at radius 3 is 2.95 bits per heavy atom. The molecule has 1 aliphatic rings. The molecule has 0 bridgehead atoms. The SMILES string of the molecule is CCOc1cncc(-c2cc(=S)nc(C3CC3)[nH]2)c1. The van der Waals surface area contributed by atoms with E-state index in [0.29, 0.717) is 17.2 Å². The highest BCUT2D eigenvalue weighted by Crippen LogP contribution is 2.38. The van der Waals surface area contributed by atoms with Crippen molar-refractivity contribution in [1.29, 1.82) is 0 Å². The molecule has 4 nitrogen and oxygen atoms in total. The molecule has 1 N–H and O–H groups in total. The number of aromatic nitrogens is 3. The Labute approximate surface area is 116 Å². The molecule has 98 valence electrons. The van der Waals surface area contributed by atoms with Gasteiger partial charge in [0.2, 0.25) is 0 Å². The molecule has 0 atom stereocenters. The molecular weight excluding hydrogens is 258 g/mol. The predicted molar refractivity (Wildman–Crippen MR) is 75.8 cm³/mol. The van der Waals surface area contributed by atoms with Crippen LogP contribution in [-0.2, 0) is 0 Å². The van der Waals surface area contributed by atoms with Crippen LogP contribution in [0.2, 0.25) is 0 Å². The molecule has 1 aliphatic carbocycles. The summed E-state index contributed by atoms with van der Waals surface area (Å²) >= 11 is 5.24. The number of hydrogen-bond donors (Lipinski definition) is 1. The van der Waals surface area contributed by atoms with Crippen molar-refractivity contribution in [1.82, 2.24) is 15.0 Å². The zero-order chi connectivity index (χ0) is 13.2. The van der Waals surface area contributed by atoms with E-state index in [1.807, 2.05) is 19.1 Å². The Balaban J connectivity index is 2.00. The smallest absolute Gasteiger partial charge is 0.138 e. The number of ether oxygens (including phenoxy) is 1. The van der Waals surface area contributed by atoms with Gasteiger partial charge in [-0.15, -0.1) is 0 Å². The van der Waals surface area contributed by atoms with Crippen LogP contribution in [0.15, 0.2) is 24.5 Å². The van der Waals surface area contributed by atoms with E-state index in [4.69, 9.17) is 17.0 Å². The Kier molecular flexibility index (Phi) is 3.29. The number of nitrogens with one attached hydrogen (secondary N) is 1. The minimum absolute atomic E-state index is 0.546. The summed E-state index contributed by atoms with van der Waals surface area (Å²) in [6.45, 7) is 2.59.